The van der Waals surface area contributed by atoms with Gasteiger partial charge in [0.1, 0.15) is 11.3 Å². The van der Waals surface area contributed by atoms with Gasteiger partial charge in [0.15, 0.2) is 0 Å². The zero-order valence-electron chi connectivity index (χ0n) is 9.21. The molecule has 0 aromatic heterocycles. The lowest BCUT2D eigenvalue weighted by atomic mass is 9.99. The number of carbonyl (C=O) groups excluding carboxylic acids is 1. The van der Waals surface area contributed by atoms with Crippen molar-refractivity contribution in [1.29, 1.82) is 0 Å². The molecule has 0 saturated carbocycles. The molecule has 86 valence electrons. The third-order valence-corrected chi connectivity index (χ3v) is 2.94. The molecule has 1 aliphatic heterocycles. The summed E-state index contributed by atoms with van der Waals surface area (Å²) in [4.78, 5) is 11.8. The van der Waals surface area contributed by atoms with E-state index in [1.54, 1.807) is 18.2 Å². The molecule has 0 saturated heterocycles. The van der Waals surface area contributed by atoms with Gasteiger partial charge in [0.2, 0.25) is 0 Å². The molecule has 1 heterocycles. The molecule has 0 bridgehead atoms. The van der Waals surface area contributed by atoms with Gasteiger partial charge in [0.05, 0.1) is 5.92 Å². The van der Waals surface area contributed by atoms with E-state index in [4.69, 9.17) is 9.47 Å². The molecule has 0 amide bonds. The second-order valence-corrected chi connectivity index (χ2v) is 4.10. The summed E-state index contributed by atoms with van der Waals surface area (Å²) < 4.78 is 11.0. The molecule has 3 nitrogen and oxygen atoms in total. The lowest BCUT2D eigenvalue weighted by Crippen LogP contribution is -2.35. The van der Waals surface area contributed by atoms with Crippen LogP contribution in [0.25, 0.3) is 0 Å². The normalized spacial score (nSPS) is 26.0. The maximum absolute atomic E-state index is 11.8. The lowest BCUT2D eigenvalue weighted by Gasteiger charge is -2.30. The first-order valence-corrected chi connectivity index (χ1v) is 5.64. The van der Waals surface area contributed by atoms with Crippen LogP contribution in [-0.2, 0) is 4.74 Å². The molecule has 3 heteroatoms. The van der Waals surface area contributed by atoms with E-state index in [1.807, 2.05) is 30.4 Å². The Morgan fingerprint density at radius 1 is 1.12 bits per heavy atom. The average molecular weight is 228 g/mol. The number of cyclic esters (lactones) is 1. The highest BCUT2D eigenvalue weighted by Gasteiger charge is 2.32. The van der Waals surface area contributed by atoms with Crippen molar-refractivity contribution < 1.29 is 14.3 Å². The molecule has 2 aliphatic rings. The molecule has 3 rings (SSSR count). The maximum Gasteiger partial charge on any atom is 0.345 e. The molecular weight excluding hydrogens is 216 g/mol. The summed E-state index contributed by atoms with van der Waals surface area (Å²) in [7, 11) is 0. The Kier molecular flexibility index (Phi) is 2.44. The van der Waals surface area contributed by atoms with Gasteiger partial charge in [-0.25, -0.2) is 4.79 Å². The fourth-order valence-corrected chi connectivity index (χ4v) is 2.03. The molecule has 0 fully saturated rings. The summed E-state index contributed by atoms with van der Waals surface area (Å²) in [5.41, 5.74) is 0.499. The number of rotatable bonds is 1. The Morgan fingerprint density at radius 2 is 2.00 bits per heavy atom. The minimum atomic E-state index is -0.515. The van der Waals surface area contributed by atoms with Gasteiger partial charge in [0, 0.05) is 0 Å². The first kappa shape index (κ1) is 10.1. The summed E-state index contributed by atoms with van der Waals surface area (Å²) >= 11 is 0. The van der Waals surface area contributed by atoms with Crippen LogP contribution in [0.4, 0.5) is 0 Å². The Bertz CT molecular complexity index is 502. The van der Waals surface area contributed by atoms with Crippen molar-refractivity contribution in [2.75, 3.05) is 0 Å². The van der Waals surface area contributed by atoms with E-state index >= 15 is 0 Å². The van der Waals surface area contributed by atoms with E-state index in [9.17, 15) is 4.79 Å². The maximum atomic E-state index is 11.8. The van der Waals surface area contributed by atoms with Crippen molar-refractivity contribution in [2.24, 2.45) is 5.92 Å². The van der Waals surface area contributed by atoms with Crippen LogP contribution >= 0.6 is 0 Å². The third kappa shape index (κ3) is 1.84. The molecule has 2 unspecified atom stereocenters. The fourth-order valence-electron chi connectivity index (χ4n) is 2.03. The van der Waals surface area contributed by atoms with Crippen LogP contribution in [0.3, 0.4) is 0 Å². The molecule has 1 aromatic rings. The number of fused-ring (bicyclic) bond motifs is 1. The molecule has 1 aliphatic carbocycles. The van der Waals surface area contributed by atoms with Crippen molar-refractivity contribution in [3.8, 4) is 5.75 Å². The van der Waals surface area contributed by atoms with E-state index in [2.05, 4.69) is 0 Å². The number of para-hydroxylation sites is 1. The van der Waals surface area contributed by atoms with Gasteiger partial charge in [0.25, 0.3) is 6.29 Å². The SMILES string of the molecule is O=C1OC(C2C=CC=CC2)Oc2ccccc21. The van der Waals surface area contributed by atoms with Crippen LogP contribution in [0.5, 0.6) is 5.75 Å². The van der Waals surface area contributed by atoms with Gasteiger partial charge in [-0.3, -0.25) is 0 Å². The Labute approximate surface area is 99.3 Å². The highest BCUT2D eigenvalue weighted by atomic mass is 16.7. The number of hydrogen-bond donors (Lipinski definition) is 0. The molecule has 1 aromatic carbocycles. The Hall–Kier alpha value is -2.03. The van der Waals surface area contributed by atoms with Crippen molar-refractivity contribution in [3.05, 3.63) is 54.1 Å². The molecule has 0 radical (unpaired) electrons. The van der Waals surface area contributed by atoms with Gasteiger partial charge in [-0.05, 0) is 18.6 Å². The van der Waals surface area contributed by atoms with Gasteiger partial charge in [-0.1, -0.05) is 36.4 Å². The zero-order valence-corrected chi connectivity index (χ0v) is 9.21. The summed E-state index contributed by atoms with van der Waals surface area (Å²) in [5, 5.41) is 0. The van der Waals surface area contributed by atoms with Crippen LogP contribution in [-0.4, -0.2) is 12.3 Å². The standard InChI is InChI=1S/C14H12O3/c15-13-11-8-4-5-9-12(11)16-14(17-13)10-6-2-1-3-7-10/h1-6,8-10,14H,7H2. The van der Waals surface area contributed by atoms with E-state index in [1.165, 1.54) is 0 Å². The van der Waals surface area contributed by atoms with E-state index in [0.717, 1.165) is 6.42 Å². The van der Waals surface area contributed by atoms with E-state index in [0.29, 0.717) is 11.3 Å². The number of esters is 1. The number of benzene rings is 1. The largest absolute Gasteiger partial charge is 0.453 e. The topological polar surface area (TPSA) is 35.5 Å². The van der Waals surface area contributed by atoms with Gasteiger partial charge in [-0.2, -0.15) is 0 Å². The number of hydrogen-bond acceptors (Lipinski definition) is 3. The summed E-state index contributed by atoms with van der Waals surface area (Å²) in [6.45, 7) is 0. The van der Waals surface area contributed by atoms with E-state index < -0.39 is 6.29 Å². The third-order valence-electron chi connectivity index (χ3n) is 2.94. The predicted molar refractivity (Wildman–Crippen MR) is 62.7 cm³/mol. The van der Waals surface area contributed by atoms with Gasteiger partial charge < -0.3 is 9.47 Å². The fraction of sp³-hybridized carbons (Fsp3) is 0.214. The summed E-state index contributed by atoms with van der Waals surface area (Å²) in [6.07, 6.45) is 8.30. The van der Waals surface area contributed by atoms with Crippen LogP contribution in [0.2, 0.25) is 0 Å². The molecule has 17 heavy (non-hydrogen) atoms. The number of allylic oxidation sites excluding steroid dienone is 3. The monoisotopic (exact) mass is 228 g/mol. The van der Waals surface area contributed by atoms with Crippen LogP contribution in [0.15, 0.2) is 48.6 Å². The van der Waals surface area contributed by atoms with E-state index in [-0.39, 0.29) is 11.9 Å². The highest BCUT2D eigenvalue weighted by Crippen LogP contribution is 2.30. The quantitative estimate of drug-likeness (QED) is 0.693. The van der Waals surface area contributed by atoms with Gasteiger partial charge >= 0.3 is 5.97 Å². The first-order chi connectivity index (χ1) is 8.34. The van der Waals surface area contributed by atoms with Gasteiger partial charge in [-0.15, -0.1) is 0 Å². The molecule has 0 spiro atoms. The predicted octanol–water partition coefficient (Wildman–Crippen LogP) is 2.69. The highest BCUT2D eigenvalue weighted by molar-refractivity contribution is 5.93. The number of carbonyl (C=O) groups is 1. The van der Waals surface area contributed by atoms with Crippen molar-refractivity contribution in [2.45, 2.75) is 12.7 Å². The number of ether oxygens (including phenoxy) is 2. The van der Waals surface area contributed by atoms with Crippen LogP contribution in [0, 0.1) is 5.92 Å². The average Bonchev–Trinajstić information content (AvgIpc) is 2.40. The second-order valence-electron chi connectivity index (χ2n) is 4.10. The Morgan fingerprint density at radius 3 is 2.82 bits per heavy atom. The van der Waals surface area contributed by atoms with Crippen molar-refractivity contribution >= 4 is 5.97 Å². The zero-order chi connectivity index (χ0) is 11.7. The molecule has 2 atom stereocenters. The van der Waals surface area contributed by atoms with Crippen molar-refractivity contribution in [3.63, 3.8) is 0 Å². The second kappa shape index (κ2) is 4.09. The minimum absolute atomic E-state index is 0.0947. The summed E-state index contributed by atoms with van der Waals surface area (Å²) in [6, 6.07) is 7.16. The van der Waals surface area contributed by atoms with Crippen LogP contribution < -0.4 is 4.74 Å². The Balaban J connectivity index is 1.86. The smallest absolute Gasteiger partial charge is 0.345 e. The molecular formula is C14H12O3. The van der Waals surface area contributed by atoms with Crippen LogP contribution in [0.1, 0.15) is 16.8 Å². The van der Waals surface area contributed by atoms with Crippen molar-refractivity contribution in [1.82, 2.24) is 0 Å². The molecule has 0 N–H and O–H groups in total. The first-order valence-electron chi connectivity index (χ1n) is 5.64. The minimum Gasteiger partial charge on any atom is -0.453 e. The summed E-state index contributed by atoms with van der Waals surface area (Å²) in [5.74, 6) is 0.397. The lowest BCUT2D eigenvalue weighted by molar-refractivity contribution is -0.0810.